The Balaban J connectivity index is 2.83. The maximum Gasteiger partial charge on any atom is 0.227 e. The molecule has 1 aromatic rings. The Hall–Kier alpha value is -0.960. The van der Waals surface area contributed by atoms with E-state index in [4.69, 9.17) is 0 Å². The summed E-state index contributed by atoms with van der Waals surface area (Å²) in [6.45, 7) is 3.43. The summed E-state index contributed by atoms with van der Waals surface area (Å²) in [5, 5.41) is 0. The van der Waals surface area contributed by atoms with E-state index in [-0.39, 0.29) is 0 Å². The molecule has 0 bridgehead atoms. The molecule has 0 aliphatic heterocycles. The summed E-state index contributed by atoms with van der Waals surface area (Å²) < 4.78 is 0.995. The zero-order chi connectivity index (χ0) is 10.6. The predicted molar refractivity (Wildman–Crippen MR) is 61.5 cm³/mol. The first-order valence-electron chi connectivity index (χ1n) is 4.23. The fourth-order valence-electron chi connectivity index (χ4n) is 0.849. The van der Waals surface area contributed by atoms with E-state index in [0.29, 0.717) is 0 Å². The molecule has 1 aromatic carbocycles. The molecule has 1 radical (unpaired) electrons. The SMILES string of the molecule is CC(C)([C]=O)N=Cc1cccc(Br)c1. The van der Waals surface area contributed by atoms with Crippen LogP contribution in [0.25, 0.3) is 0 Å². The van der Waals surface area contributed by atoms with E-state index in [1.54, 1.807) is 20.1 Å². The van der Waals surface area contributed by atoms with Gasteiger partial charge in [-0.15, -0.1) is 0 Å². The minimum absolute atomic E-state index is 0.762. The first-order valence-corrected chi connectivity index (χ1v) is 5.03. The molecule has 2 nitrogen and oxygen atoms in total. The number of rotatable bonds is 3. The van der Waals surface area contributed by atoms with Crippen molar-refractivity contribution in [2.24, 2.45) is 4.99 Å². The molecule has 0 atom stereocenters. The van der Waals surface area contributed by atoms with Crippen molar-refractivity contribution >= 4 is 28.4 Å². The number of aliphatic imine (C=N–C) groups is 1. The van der Waals surface area contributed by atoms with Crippen molar-refractivity contribution in [3.63, 3.8) is 0 Å². The zero-order valence-corrected chi connectivity index (χ0v) is 9.71. The molecule has 0 aromatic heterocycles. The zero-order valence-electron chi connectivity index (χ0n) is 8.12. The van der Waals surface area contributed by atoms with Crippen LogP contribution in [-0.4, -0.2) is 18.0 Å². The van der Waals surface area contributed by atoms with Crippen LogP contribution in [0, 0.1) is 0 Å². The molecule has 0 spiro atoms. The predicted octanol–water partition coefficient (Wildman–Crippen LogP) is 2.76. The van der Waals surface area contributed by atoms with Crippen LogP contribution in [0.2, 0.25) is 0 Å². The topological polar surface area (TPSA) is 29.4 Å². The molecule has 14 heavy (non-hydrogen) atoms. The summed E-state index contributed by atoms with van der Waals surface area (Å²) in [7, 11) is 0. The first kappa shape index (κ1) is 11.1. The summed E-state index contributed by atoms with van der Waals surface area (Å²) in [6.07, 6.45) is 3.54. The Labute approximate surface area is 92.2 Å². The largest absolute Gasteiger partial charge is 0.288 e. The van der Waals surface area contributed by atoms with Crippen LogP contribution >= 0.6 is 15.9 Å². The second kappa shape index (κ2) is 4.51. The molecule has 0 saturated carbocycles. The smallest absolute Gasteiger partial charge is 0.227 e. The van der Waals surface area contributed by atoms with E-state index in [2.05, 4.69) is 20.9 Å². The molecule has 0 amide bonds. The Morgan fingerprint density at radius 1 is 1.50 bits per heavy atom. The Morgan fingerprint density at radius 2 is 2.21 bits per heavy atom. The third-order valence-electron chi connectivity index (χ3n) is 1.63. The Morgan fingerprint density at radius 3 is 2.79 bits per heavy atom. The van der Waals surface area contributed by atoms with Gasteiger partial charge in [0.15, 0.2) is 0 Å². The summed E-state index contributed by atoms with van der Waals surface area (Å²) in [5.74, 6) is 0. The van der Waals surface area contributed by atoms with Crippen molar-refractivity contribution in [3.05, 3.63) is 34.3 Å². The second-order valence-corrected chi connectivity index (χ2v) is 4.39. The second-order valence-electron chi connectivity index (χ2n) is 3.47. The van der Waals surface area contributed by atoms with Crippen molar-refractivity contribution in [3.8, 4) is 0 Å². The molecule has 0 aliphatic rings. The quantitative estimate of drug-likeness (QED) is 0.761. The molecule has 0 unspecified atom stereocenters. The molecule has 0 N–H and O–H groups in total. The van der Waals surface area contributed by atoms with Gasteiger partial charge >= 0.3 is 0 Å². The molecular formula is C11H11BrNO. The van der Waals surface area contributed by atoms with Crippen LogP contribution in [0.1, 0.15) is 19.4 Å². The number of nitrogens with zero attached hydrogens (tertiary/aromatic N) is 1. The van der Waals surface area contributed by atoms with Crippen molar-refractivity contribution in [1.82, 2.24) is 0 Å². The summed E-state index contributed by atoms with van der Waals surface area (Å²) in [4.78, 5) is 14.6. The lowest BCUT2D eigenvalue weighted by Gasteiger charge is -2.07. The highest BCUT2D eigenvalue weighted by atomic mass is 79.9. The molecule has 0 aliphatic carbocycles. The molecule has 3 heteroatoms. The average Bonchev–Trinajstić information content (AvgIpc) is 2.15. The van der Waals surface area contributed by atoms with Crippen molar-refractivity contribution < 1.29 is 4.79 Å². The highest BCUT2D eigenvalue weighted by Gasteiger charge is 2.13. The average molecular weight is 253 g/mol. The van der Waals surface area contributed by atoms with Crippen LogP contribution in [0.4, 0.5) is 0 Å². The third kappa shape index (κ3) is 3.42. The monoisotopic (exact) mass is 252 g/mol. The standard InChI is InChI=1S/C11H11BrNO/c1-11(2,8-14)13-7-9-4-3-5-10(12)6-9/h3-7H,1-2H3. The van der Waals surface area contributed by atoms with Gasteiger partial charge in [-0.2, -0.15) is 0 Å². The minimum Gasteiger partial charge on any atom is -0.288 e. The van der Waals surface area contributed by atoms with Crippen molar-refractivity contribution in [2.75, 3.05) is 0 Å². The third-order valence-corrected chi connectivity index (χ3v) is 2.13. The molecule has 1 rings (SSSR count). The highest BCUT2D eigenvalue weighted by Crippen LogP contribution is 2.11. The Kier molecular flexibility index (Phi) is 3.58. The fourth-order valence-corrected chi connectivity index (χ4v) is 1.27. The lowest BCUT2D eigenvalue weighted by Crippen LogP contribution is -2.18. The van der Waals surface area contributed by atoms with E-state index in [1.165, 1.54) is 0 Å². The van der Waals surface area contributed by atoms with E-state index in [0.717, 1.165) is 10.0 Å². The van der Waals surface area contributed by atoms with Gasteiger partial charge in [0, 0.05) is 10.7 Å². The van der Waals surface area contributed by atoms with Gasteiger partial charge in [0.1, 0.15) is 5.54 Å². The van der Waals surface area contributed by atoms with Crippen LogP contribution in [-0.2, 0) is 4.79 Å². The number of halogens is 1. The summed E-state index contributed by atoms with van der Waals surface area (Å²) in [6, 6.07) is 7.72. The molecule has 73 valence electrons. The first-order chi connectivity index (χ1) is 6.53. The minimum atomic E-state index is -0.762. The van der Waals surface area contributed by atoms with Crippen molar-refractivity contribution in [2.45, 2.75) is 19.4 Å². The van der Waals surface area contributed by atoms with Crippen LogP contribution in [0.15, 0.2) is 33.7 Å². The van der Waals surface area contributed by atoms with Crippen LogP contribution in [0.5, 0.6) is 0 Å². The normalized spacial score (nSPS) is 11.9. The number of carbonyl (C=O) groups excluding carboxylic acids is 1. The lowest BCUT2D eigenvalue weighted by molar-refractivity contribution is 0.517. The number of hydrogen-bond acceptors (Lipinski definition) is 2. The van der Waals surface area contributed by atoms with Gasteiger partial charge in [-0.05, 0) is 31.5 Å². The van der Waals surface area contributed by atoms with E-state index in [9.17, 15) is 4.79 Å². The molecular weight excluding hydrogens is 242 g/mol. The maximum absolute atomic E-state index is 10.5. The van der Waals surface area contributed by atoms with Gasteiger partial charge in [0.25, 0.3) is 0 Å². The number of hydrogen-bond donors (Lipinski definition) is 0. The summed E-state index contributed by atoms with van der Waals surface area (Å²) in [5.41, 5.74) is 0.199. The maximum atomic E-state index is 10.5. The molecule has 0 saturated heterocycles. The summed E-state index contributed by atoms with van der Waals surface area (Å²) >= 11 is 3.36. The van der Waals surface area contributed by atoms with Crippen molar-refractivity contribution in [1.29, 1.82) is 0 Å². The van der Waals surface area contributed by atoms with Gasteiger partial charge in [-0.3, -0.25) is 9.79 Å². The van der Waals surface area contributed by atoms with Gasteiger partial charge in [-0.1, -0.05) is 28.1 Å². The Bertz CT molecular complexity index is 358. The van der Waals surface area contributed by atoms with E-state index >= 15 is 0 Å². The van der Waals surface area contributed by atoms with E-state index < -0.39 is 5.54 Å². The van der Waals surface area contributed by atoms with E-state index in [1.807, 2.05) is 30.6 Å². The van der Waals surface area contributed by atoms with Crippen LogP contribution < -0.4 is 0 Å². The highest BCUT2D eigenvalue weighted by molar-refractivity contribution is 9.10. The van der Waals surface area contributed by atoms with Gasteiger partial charge in [0.2, 0.25) is 6.29 Å². The molecule has 0 fully saturated rings. The van der Waals surface area contributed by atoms with Crippen LogP contribution in [0.3, 0.4) is 0 Å². The lowest BCUT2D eigenvalue weighted by atomic mass is 10.1. The molecule has 0 heterocycles. The van der Waals surface area contributed by atoms with Gasteiger partial charge < -0.3 is 0 Å². The fraction of sp³-hybridized carbons (Fsp3) is 0.273. The van der Waals surface area contributed by atoms with Gasteiger partial charge in [0.05, 0.1) is 0 Å². The van der Waals surface area contributed by atoms with Gasteiger partial charge in [-0.25, -0.2) is 0 Å². The number of benzene rings is 1.